The molecule has 8 nitrogen and oxygen atoms in total. The molecule has 2 aromatic heterocycles. The molecule has 122 valence electrons. The zero-order valence-electron chi connectivity index (χ0n) is 12.7. The Morgan fingerprint density at radius 2 is 2.17 bits per heavy atom. The summed E-state index contributed by atoms with van der Waals surface area (Å²) in [4.78, 5) is 25.9. The summed E-state index contributed by atoms with van der Waals surface area (Å²) < 4.78 is 0. The predicted molar refractivity (Wildman–Crippen MR) is 92.0 cm³/mol. The maximum Gasteiger partial charge on any atom is 0.247 e. The molecule has 9 heteroatoms. The number of nitrogens with one attached hydrogen (secondary N) is 3. The van der Waals surface area contributed by atoms with E-state index in [4.69, 9.17) is 0 Å². The standard InChI is InChI=1S/C15H14N6O2S/c1-9(22)18-15-21-20-14(24-15)6-13(23)19-17-8-10-7-16-12-5-3-2-4-11(10)12/h2-5,7-8,16H,6H2,1H3,(H,19,23)(H,18,21,22). The molecular weight excluding hydrogens is 328 g/mol. The van der Waals surface area contributed by atoms with Crippen molar-refractivity contribution in [2.24, 2.45) is 5.10 Å². The molecule has 0 spiro atoms. The van der Waals surface area contributed by atoms with Gasteiger partial charge in [0.15, 0.2) is 0 Å². The maximum atomic E-state index is 11.9. The maximum absolute atomic E-state index is 11.9. The molecule has 0 fully saturated rings. The second-order valence-corrected chi connectivity index (χ2v) is 6.00. The zero-order chi connectivity index (χ0) is 16.9. The Labute approximate surface area is 141 Å². The van der Waals surface area contributed by atoms with Gasteiger partial charge < -0.3 is 10.3 Å². The van der Waals surface area contributed by atoms with Crippen LogP contribution >= 0.6 is 11.3 Å². The van der Waals surface area contributed by atoms with Crippen LogP contribution in [-0.4, -0.2) is 33.2 Å². The van der Waals surface area contributed by atoms with Crippen LogP contribution in [0.15, 0.2) is 35.6 Å². The summed E-state index contributed by atoms with van der Waals surface area (Å²) in [5.74, 6) is -0.540. The third-order valence-electron chi connectivity index (χ3n) is 3.08. The van der Waals surface area contributed by atoms with Gasteiger partial charge >= 0.3 is 0 Å². The van der Waals surface area contributed by atoms with Gasteiger partial charge in [0.25, 0.3) is 0 Å². The van der Waals surface area contributed by atoms with Gasteiger partial charge in [-0.1, -0.05) is 29.5 Å². The van der Waals surface area contributed by atoms with Crippen LogP contribution in [0.3, 0.4) is 0 Å². The van der Waals surface area contributed by atoms with Gasteiger partial charge in [-0.3, -0.25) is 9.59 Å². The number of amides is 2. The average Bonchev–Trinajstić information content (AvgIpc) is 3.14. The van der Waals surface area contributed by atoms with Crippen LogP contribution in [0.5, 0.6) is 0 Å². The number of hydrazone groups is 1. The normalized spacial score (nSPS) is 11.0. The number of hydrogen-bond donors (Lipinski definition) is 3. The second-order valence-electron chi connectivity index (χ2n) is 4.94. The lowest BCUT2D eigenvalue weighted by Crippen LogP contribution is -2.19. The molecule has 0 radical (unpaired) electrons. The number of H-pyrrole nitrogens is 1. The molecular formula is C15H14N6O2S. The van der Waals surface area contributed by atoms with Crippen molar-refractivity contribution in [3.8, 4) is 0 Å². The number of carbonyl (C=O) groups excluding carboxylic acids is 2. The van der Waals surface area contributed by atoms with Gasteiger partial charge in [-0.25, -0.2) is 5.43 Å². The summed E-state index contributed by atoms with van der Waals surface area (Å²) in [6, 6.07) is 7.82. The number of aromatic nitrogens is 3. The van der Waals surface area contributed by atoms with Gasteiger partial charge in [-0.2, -0.15) is 5.10 Å². The first-order valence-corrected chi connectivity index (χ1v) is 7.91. The number of aromatic amines is 1. The van der Waals surface area contributed by atoms with Crippen molar-refractivity contribution in [2.75, 3.05) is 5.32 Å². The molecule has 1 aromatic carbocycles. The number of nitrogens with zero attached hydrogens (tertiary/aromatic N) is 3. The molecule has 0 aliphatic heterocycles. The fraction of sp³-hybridized carbons (Fsp3) is 0.133. The number of carbonyl (C=O) groups is 2. The Morgan fingerprint density at radius 3 is 3.00 bits per heavy atom. The first-order valence-electron chi connectivity index (χ1n) is 7.10. The van der Waals surface area contributed by atoms with E-state index in [1.807, 2.05) is 30.5 Å². The molecule has 0 unspecified atom stereocenters. The minimum Gasteiger partial charge on any atom is -0.361 e. The fourth-order valence-electron chi connectivity index (χ4n) is 2.08. The van der Waals surface area contributed by atoms with Crippen molar-refractivity contribution in [1.82, 2.24) is 20.6 Å². The third-order valence-corrected chi connectivity index (χ3v) is 3.91. The summed E-state index contributed by atoms with van der Waals surface area (Å²) in [6.45, 7) is 1.38. The molecule has 2 amide bonds. The highest BCUT2D eigenvalue weighted by atomic mass is 32.1. The molecule has 3 rings (SSSR count). The van der Waals surface area contributed by atoms with E-state index in [1.165, 1.54) is 6.92 Å². The summed E-state index contributed by atoms with van der Waals surface area (Å²) in [5.41, 5.74) is 4.34. The molecule has 24 heavy (non-hydrogen) atoms. The Kier molecular flexibility index (Phi) is 4.62. The van der Waals surface area contributed by atoms with E-state index in [1.54, 1.807) is 6.21 Å². The topological polar surface area (TPSA) is 112 Å². The van der Waals surface area contributed by atoms with E-state index >= 15 is 0 Å². The van der Waals surface area contributed by atoms with Crippen molar-refractivity contribution >= 4 is 45.4 Å². The monoisotopic (exact) mass is 342 g/mol. The molecule has 0 aliphatic carbocycles. The molecule has 0 saturated heterocycles. The summed E-state index contributed by atoms with van der Waals surface area (Å²) in [7, 11) is 0. The first-order chi connectivity index (χ1) is 11.6. The minimum absolute atomic E-state index is 0.0441. The van der Waals surface area contributed by atoms with Crippen LogP contribution in [0.25, 0.3) is 10.9 Å². The van der Waals surface area contributed by atoms with Gasteiger partial charge in [0.05, 0.1) is 12.6 Å². The van der Waals surface area contributed by atoms with E-state index in [2.05, 4.69) is 31.0 Å². The minimum atomic E-state index is -0.309. The number of hydrogen-bond acceptors (Lipinski definition) is 6. The number of rotatable bonds is 5. The summed E-state index contributed by atoms with van der Waals surface area (Å²) in [6.07, 6.45) is 3.45. The average molecular weight is 342 g/mol. The Morgan fingerprint density at radius 1 is 1.33 bits per heavy atom. The molecule has 0 saturated carbocycles. The number of fused-ring (bicyclic) bond motifs is 1. The number of benzene rings is 1. The van der Waals surface area contributed by atoms with Crippen LogP contribution in [0.2, 0.25) is 0 Å². The second kappa shape index (κ2) is 7.01. The van der Waals surface area contributed by atoms with E-state index in [0.717, 1.165) is 27.8 Å². The molecule has 0 bridgehead atoms. The van der Waals surface area contributed by atoms with Gasteiger partial charge in [-0.05, 0) is 6.07 Å². The molecule has 3 N–H and O–H groups in total. The van der Waals surface area contributed by atoms with Crippen molar-refractivity contribution in [2.45, 2.75) is 13.3 Å². The van der Waals surface area contributed by atoms with Gasteiger partial charge in [-0.15, -0.1) is 10.2 Å². The summed E-state index contributed by atoms with van der Waals surface area (Å²) in [5, 5.41) is 16.0. The van der Waals surface area contributed by atoms with Crippen LogP contribution in [0, 0.1) is 0 Å². The Hall–Kier alpha value is -3.07. The quantitative estimate of drug-likeness (QED) is 0.483. The Balaban J connectivity index is 1.57. The highest BCUT2D eigenvalue weighted by Crippen LogP contribution is 2.16. The van der Waals surface area contributed by atoms with E-state index in [-0.39, 0.29) is 18.2 Å². The van der Waals surface area contributed by atoms with E-state index < -0.39 is 0 Å². The number of para-hydroxylation sites is 1. The highest BCUT2D eigenvalue weighted by Gasteiger charge is 2.09. The van der Waals surface area contributed by atoms with Crippen LogP contribution < -0.4 is 10.7 Å². The predicted octanol–water partition coefficient (Wildman–Crippen LogP) is 1.67. The van der Waals surface area contributed by atoms with Crippen LogP contribution in [0.1, 0.15) is 17.5 Å². The van der Waals surface area contributed by atoms with Crippen molar-refractivity contribution in [3.05, 3.63) is 41.0 Å². The number of anilines is 1. The van der Waals surface area contributed by atoms with Crippen molar-refractivity contribution < 1.29 is 9.59 Å². The Bertz CT molecular complexity index is 913. The van der Waals surface area contributed by atoms with Gasteiger partial charge in [0.2, 0.25) is 16.9 Å². The van der Waals surface area contributed by atoms with E-state index in [0.29, 0.717) is 10.1 Å². The fourth-order valence-corrected chi connectivity index (χ4v) is 2.86. The molecule has 3 aromatic rings. The van der Waals surface area contributed by atoms with Crippen LogP contribution in [-0.2, 0) is 16.0 Å². The van der Waals surface area contributed by atoms with Crippen molar-refractivity contribution in [3.63, 3.8) is 0 Å². The smallest absolute Gasteiger partial charge is 0.247 e. The first kappa shape index (κ1) is 15.8. The lowest BCUT2D eigenvalue weighted by atomic mass is 10.2. The SMILES string of the molecule is CC(=O)Nc1nnc(CC(=O)NN=Cc2c[nH]c3ccccc23)s1. The van der Waals surface area contributed by atoms with Gasteiger partial charge in [0, 0.05) is 29.6 Å². The molecule has 0 aliphatic rings. The van der Waals surface area contributed by atoms with Crippen LogP contribution in [0.4, 0.5) is 5.13 Å². The van der Waals surface area contributed by atoms with Crippen molar-refractivity contribution in [1.29, 1.82) is 0 Å². The lowest BCUT2D eigenvalue weighted by molar-refractivity contribution is -0.120. The highest BCUT2D eigenvalue weighted by molar-refractivity contribution is 7.15. The molecule has 2 heterocycles. The van der Waals surface area contributed by atoms with E-state index in [9.17, 15) is 9.59 Å². The summed E-state index contributed by atoms with van der Waals surface area (Å²) >= 11 is 1.15. The van der Waals surface area contributed by atoms with Gasteiger partial charge in [0.1, 0.15) is 5.01 Å². The third kappa shape index (κ3) is 3.82. The molecule has 0 atom stereocenters. The largest absolute Gasteiger partial charge is 0.361 e. The zero-order valence-corrected chi connectivity index (χ0v) is 13.6. The lowest BCUT2D eigenvalue weighted by Gasteiger charge is -1.96.